The van der Waals surface area contributed by atoms with Crippen molar-refractivity contribution in [3.8, 4) is 16.2 Å². The minimum absolute atomic E-state index is 0.0112. The Balaban J connectivity index is 1.29. The highest BCUT2D eigenvalue weighted by molar-refractivity contribution is 7.17. The van der Waals surface area contributed by atoms with Gasteiger partial charge in [0.1, 0.15) is 10.6 Å². The highest BCUT2D eigenvalue weighted by Crippen LogP contribution is 2.38. The van der Waals surface area contributed by atoms with Gasteiger partial charge >= 0.3 is 0 Å². The summed E-state index contributed by atoms with van der Waals surface area (Å²) in [6.07, 6.45) is 4.83. The number of thiophene rings is 1. The van der Waals surface area contributed by atoms with Gasteiger partial charge < -0.3 is 24.0 Å². The number of carbonyl (C=O) groups is 2. The Hall–Kier alpha value is -2.42. The zero-order valence-corrected chi connectivity index (χ0v) is 20.3. The lowest BCUT2D eigenvalue weighted by Crippen LogP contribution is -2.41. The van der Waals surface area contributed by atoms with Crippen LogP contribution in [-0.2, 0) is 14.3 Å². The van der Waals surface area contributed by atoms with Crippen molar-refractivity contribution in [3.05, 3.63) is 41.3 Å². The topological polar surface area (TPSA) is 68.3 Å². The largest absolute Gasteiger partial charge is 0.482 e. The van der Waals surface area contributed by atoms with E-state index in [-0.39, 0.29) is 24.7 Å². The van der Waals surface area contributed by atoms with Crippen LogP contribution in [0.4, 0.5) is 0 Å². The summed E-state index contributed by atoms with van der Waals surface area (Å²) in [6, 6.07) is 11.9. The van der Waals surface area contributed by atoms with Gasteiger partial charge in [-0.3, -0.25) is 9.59 Å². The first kappa shape index (κ1) is 23.3. The summed E-state index contributed by atoms with van der Waals surface area (Å²) in [5.41, 5.74) is 1.04. The molecule has 0 N–H and O–H groups in total. The van der Waals surface area contributed by atoms with Gasteiger partial charge in [0.25, 0.3) is 11.8 Å². The Labute approximate surface area is 204 Å². The number of rotatable bonds is 6. The van der Waals surface area contributed by atoms with E-state index >= 15 is 0 Å². The third-order valence-electron chi connectivity index (χ3n) is 6.87. The quantitative estimate of drug-likeness (QED) is 0.619. The first-order valence-corrected chi connectivity index (χ1v) is 13.1. The molecule has 3 aliphatic rings. The maximum Gasteiger partial charge on any atom is 0.267 e. The fourth-order valence-electron chi connectivity index (χ4n) is 4.92. The summed E-state index contributed by atoms with van der Waals surface area (Å²) < 4.78 is 17.3. The van der Waals surface area contributed by atoms with Crippen molar-refractivity contribution < 1.29 is 23.8 Å². The average molecular weight is 485 g/mol. The normalized spacial score (nSPS) is 20.0. The maximum atomic E-state index is 13.5. The van der Waals surface area contributed by atoms with E-state index in [1.807, 2.05) is 46.2 Å². The minimum atomic E-state index is -0.136. The summed E-state index contributed by atoms with van der Waals surface area (Å²) >= 11 is 1.44. The van der Waals surface area contributed by atoms with E-state index in [0.717, 1.165) is 49.2 Å². The molecule has 182 valence electrons. The van der Waals surface area contributed by atoms with E-state index in [0.29, 0.717) is 42.8 Å². The van der Waals surface area contributed by atoms with Crippen LogP contribution in [0.15, 0.2) is 36.4 Å². The Morgan fingerprint density at radius 3 is 2.35 bits per heavy atom. The first-order chi connectivity index (χ1) is 16.7. The van der Waals surface area contributed by atoms with Gasteiger partial charge in [-0.15, -0.1) is 11.3 Å². The first-order valence-electron chi connectivity index (χ1n) is 12.3. The van der Waals surface area contributed by atoms with E-state index < -0.39 is 0 Å². The summed E-state index contributed by atoms with van der Waals surface area (Å²) in [6.45, 7) is 4.17. The van der Waals surface area contributed by atoms with E-state index in [9.17, 15) is 9.59 Å². The van der Waals surface area contributed by atoms with Crippen LogP contribution in [0.1, 0.15) is 41.8 Å². The highest BCUT2D eigenvalue weighted by Gasteiger charge is 2.33. The molecule has 0 saturated carbocycles. The molecule has 1 aromatic heterocycles. The molecule has 2 aromatic rings. The molecule has 0 bridgehead atoms. The number of hydrogen-bond acceptors (Lipinski definition) is 6. The van der Waals surface area contributed by atoms with Crippen LogP contribution >= 0.6 is 11.3 Å². The van der Waals surface area contributed by atoms with Gasteiger partial charge in [-0.2, -0.15) is 0 Å². The third-order valence-corrected chi connectivity index (χ3v) is 8.02. The van der Waals surface area contributed by atoms with Crippen molar-refractivity contribution in [2.75, 3.05) is 46.0 Å². The second-order valence-corrected chi connectivity index (χ2v) is 10.2. The lowest BCUT2D eigenvalue weighted by Gasteiger charge is -2.33. The fourth-order valence-corrected chi connectivity index (χ4v) is 5.99. The molecule has 8 heteroatoms. The van der Waals surface area contributed by atoms with Crippen molar-refractivity contribution in [1.29, 1.82) is 0 Å². The van der Waals surface area contributed by atoms with Crippen LogP contribution < -0.4 is 4.74 Å². The van der Waals surface area contributed by atoms with E-state index in [2.05, 4.69) is 0 Å². The van der Waals surface area contributed by atoms with E-state index in [1.54, 1.807) is 0 Å². The van der Waals surface area contributed by atoms with Crippen molar-refractivity contribution in [1.82, 2.24) is 9.80 Å². The summed E-state index contributed by atoms with van der Waals surface area (Å²) in [7, 11) is 0. The van der Waals surface area contributed by atoms with Gasteiger partial charge in [-0.1, -0.05) is 30.3 Å². The van der Waals surface area contributed by atoms with Crippen molar-refractivity contribution in [2.24, 2.45) is 5.92 Å². The lowest BCUT2D eigenvalue weighted by atomic mass is 9.96. The lowest BCUT2D eigenvalue weighted by molar-refractivity contribution is -0.134. The fraction of sp³-hybridized carbons (Fsp3) is 0.538. The van der Waals surface area contributed by atoms with Crippen LogP contribution in [0.5, 0.6) is 5.75 Å². The van der Waals surface area contributed by atoms with Crippen LogP contribution in [-0.4, -0.2) is 73.9 Å². The van der Waals surface area contributed by atoms with Crippen LogP contribution in [0.25, 0.3) is 10.4 Å². The molecule has 0 unspecified atom stereocenters. The highest BCUT2D eigenvalue weighted by atomic mass is 32.1. The molecule has 2 amide bonds. The van der Waals surface area contributed by atoms with E-state index in [1.165, 1.54) is 17.8 Å². The van der Waals surface area contributed by atoms with Gasteiger partial charge in [-0.05, 0) is 43.7 Å². The van der Waals surface area contributed by atoms with Gasteiger partial charge in [-0.25, -0.2) is 0 Å². The number of nitrogens with zero attached hydrogens (tertiary/aromatic N) is 2. The molecule has 7 nitrogen and oxygen atoms in total. The number of amides is 2. The van der Waals surface area contributed by atoms with Crippen LogP contribution in [0.3, 0.4) is 0 Å². The van der Waals surface area contributed by atoms with Crippen LogP contribution in [0, 0.1) is 5.92 Å². The van der Waals surface area contributed by atoms with Gasteiger partial charge in [0, 0.05) is 37.0 Å². The van der Waals surface area contributed by atoms with Crippen molar-refractivity contribution in [2.45, 2.75) is 38.4 Å². The SMILES string of the molecule is O=C(COc1cc(-c2ccccc2)sc1C(=O)N1CCC(C2OCCO2)CC1)N1CCCCC1. The predicted molar refractivity (Wildman–Crippen MR) is 130 cm³/mol. The van der Waals surface area contributed by atoms with Gasteiger partial charge in [0.2, 0.25) is 0 Å². The standard InChI is InChI=1S/C26H32N2O5S/c29-23(27-11-5-2-6-12-27)18-33-21-17-22(19-7-3-1-4-8-19)34-24(21)25(30)28-13-9-20(10-14-28)26-31-15-16-32-26/h1,3-4,7-8,17,20,26H,2,5-6,9-16,18H2. The number of piperidine rings is 2. The Kier molecular flexibility index (Phi) is 7.47. The smallest absolute Gasteiger partial charge is 0.267 e. The predicted octanol–water partition coefficient (Wildman–Crippen LogP) is 4.03. The number of hydrogen-bond donors (Lipinski definition) is 0. The average Bonchev–Trinajstić information content (AvgIpc) is 3.59. The molecule has 0 radical (unpaired) electrons. The molecular weight excluding hydrogens is 452 g/mol. The van der Waals surface area contributed by atoms with Crippen molar-refractivity contribution in [3.63, 3.8) is 0 Å². The molecule has 0 spiro atoms. The van der Waals surface area contributed by atoms with E-state index in [4.69, 9.17) is 14.2 Å². The summed E-state index contributed by atoms with van der Waals surface area (Å²) in [4.78, 5) is 31.5. The molecule has 1 aromatic carbocycles. The molecule has 0 aliphatic carbocycles. The molecule has 4 heterocycles. The van der Waals surface area contributed by atoms with Crippen molar-refractivity contribution >= 4 is 23.2 Å². The second-order valence-electron chi connectivity index (χ2n) is 9.14. The molecule has 5 rings (SSSR count). The maximum absolute atomic E-state index is 13.5. The molecule has 3 aliphatic heterocycles. The molecule has 0 atom stereocenters. The number of carbonyl (C=O) groups excluding carboxylic acids is 2. The second kappa shape index (κ2) is 10.9. The molecule has 3 fully saturated rings. The minimum Gasteiger partial charge on any atom is -0.482 e. The number of ether oxygens (including phenoxy) is 3. The monoisotopic (exact) mass is 484 g/mol. The zero-order chi connectivity index (χ0) is 23.3. The summed E-state index contributed by atoms with van der Waals surface area (Å²) in [5.74, 6) is 0.790. The Morgan fingerprint density at radius 1 is 0.941 bits per heavy atom. The Morgan fingerprint density at radius 2 is 1.65 bits per heavy atom. The molecular formula is C26H32N2O5S. The molecule has 3 saturated heterocycles. The van der Waals surface area contributed by atoms with Crippen LogP contribution in [0.2, 0.25) is 0 Å². The Bertz CT molecular complexity index is 974. The van der Waals surface area contributed by atoms with Gasteiger partial charge in [0.15, 0.2) is 12.9 Å². The van der Waals surface area contributed by atoms with Gasteiger partial charge in [0.05, 0.1) is 13.2 Å². The summed E-state index contributed by atoms with van der Waals surface area (Å²) in [5, 5.41) is 0. The number of benzene rings is 1. The zero-order valence-electron chi connectivity index (χ0n) is 19.4. The molecule has 34 heavy (non-hydrogen) atoms. The third kappa shape index (κ3) is 5.29. The number of likely N-dealkylation sites (tertiary alicyclic amines) is 2.